The highest BCUT2D eigenvalue weighted by Crippen LogP contribution is 2.35. The van der Waals surface area contributed by atoms with Gasteiger partial charge in [-0.3, -0.25) is 14.4 Å². The Morgan fingerprint density at radius 3 is 2.50 bits per heavy atom. The zero-order valence-corrected chi connectivity index (χ0v) is 23.1. The van der Waals surface area contributed by atoms with E-state index in [0.29, 0.717) is 17.5 Å². The van der Waals surface area contributed by atoms with Crippen LogP contribution in [-0.2, 0) is 22.4 Å². The van der Waals surface area contributed by atoms with Gasteiger partial charge in [-0.1, -0.05) is 60.7 Å². The van der Waals surface area contributed by atoms with Crippen LogP contribution < -0.4 is 10.6 Å². The summed E-state index contributed by atoms with van der Waals surface area (Å²) in [6.07, 6.45) is -1.43. The van der Waals surface area contributed by atoms with E-state index in [2.05, 4.69) is 10.6 Å². The number of phenolic OH excluding ortho intramolecular Hbond substituents is 1. The van der Waals surface area contributed by atoms with E-state index in [1.807, 2.05) is 24.3 Å². The summed E-state index contributed by atoms with van der Waals surface area (Å²) in [5, 5.41) is 26.8. The number of aliphatic hydroxyl groups excluding tert-OH is 1. The van der Waals surface area contributed by atoms with E-state index in [-0.39, 0.29) is 23.8 Å². The first kappa shape index (κ1) is 29.2. The van der Waals surface area contributed by atoms with Crippen LogP contribution in [0, 0.1) is 6.92 Å². The van der Waals surface area contributed by atoms with Gasteiger partial charge in [0, 0.05) is 17.5 Å². The van der Waals surface area contributed by atoms with E-state index in [0.717, 1.165) is 22.4 Å². The molecule has 0 radical (unpaired) electrons. The second-order valence-electron chi connectivity index (χ2n) is 11.0. The van der Waals surface area contributed by atoms with Crippen LogP contribution in [0.15, 0.2) is 72.8 Å². The smallest absolute Gasteiger partial charge is 0.267 e. The Hall–Kier alpha value is -4.31. The molecule has 1 unspecified atom stereocenters. The van der Waals surface area contributed by atoms with E-state index in [1.54, 1.807) is 37.3 Å². The van der Waals surface area contributed by atoms with Gasteiger partial charge in [-0.05, 0) is 55.0 Å². The van der Waals surface area contributed by atoms with Crippen LogP contribution in [0.3, 0.4) is 0 Å². The fourth-order valence-electron chi connectivity index (χ4n) is 5.82. The Kier molecular flexibility index (Phi) is 8.27. The molecule has 4 N–H and O–H groups in total. The maximum atomic E-state index is 14.7. The molecule has 8 nitrogen and oxygen atoms in total. The monoisotopic (exact) mass is 577 g/mol. The number of carbonyl (C=O) groups excluding carboxylic acids is 3. The summed E-state index contributed by atoms with van der Waals surface area (Å²) in [7, 11) is 0. The quantitative estimate of drug-likeness (QED) is 0.327. The number of fused-ring (bicyclic) bond motifs is 1. The highest BCUT2D eigenvalue weighted by atomic mass is 19.3. The number of carbonyl (C=O) groups is 3. The van der Waals surface area contributed by atoms with Gasteiger partial charge in [-0.25, -0.2) is 8.78 Å². The molecular weight excluding hydrogens is 544 g/mol. The molecule has 42 heavy (non-hydrogen) atoms. The summed E-state index contributed by atoms with van der Waals surface area (Å²) in [6.45, 7) is 0.524. The molecule has 0 saturated carbocycles. The highest BCUT2D eigenvalue weighted by molar-refractivity contribution is 5.97. The van der Waals surface area contributed by atoms with Crippen molar-refractivity contribution in [3.05, 3.63) is 101 Å². The number of nitrogens with zero attached hydrogens (tertiary/aromatic N) is 1. The van der Waals surface area contributed by atoms with Crippen molar-refractivity contribution in [2.45, 2.75) is 62.8 Å². The molecule has 5 rings (SSSR count). The lowest BCUT2D eigenvalue weighted by atomic mass is 9.98. The third-order valence-electron chi connectivity index (χ3n) is 8.10. The van der Waals surface area contributed by atoms with Gasteiger partial charge in [0.25, 0.3) is 17.7 Å². The standard InChI is InChI=1S/C32H33F2N3O5/c1-19-22(12-7-13-27(19)38)29(40)36-25(16-20-8-3-2-4-9-20)28(39)31(42)37-18-32(33,34)17-26(37)30(41)35-24-15-14-21-10-5-6-11-23(21)24/h2-13,24-26,28,38-39H,14-18H2,1H3,(H,35,41)(H,36,40)/t24-,25?,26-,28-/m0/s1. The number of likely N-dealkylation sites (tertiary alicyclic amines) is 1. The zero-order valence-electron chi connectivity index (χ0n) is 23.1. The van der Waals surface area contributed by atoms with Crippen molar-refractivity contribution in [1.82, 2.24) is 15.5 Å². The third kappa shape index (κ3) is 6.13. The average molecular weight is 578 g/mol. The molecular formula is C32H33F2N3O5. The molecule has 0 aromatic heterocycles. The van der Waals surface area contributed by atoms with Gasteiger partial charge in [0.05, 0.1) is 18.6 Å². The molecule has 10 heteroatoms. The molecule has 1 aliphatic carbocycles. The number of halogens is 2. The lowest BCUT2D eigenvalue weighted by molar-refractivity contribution is -0.147. The van der Waals surface area contributed by atoms with E-state index >= 15 is 0 Å². The van der Waals surface area contributed by atoms with Crippen molar-refractivity contribution in [1.29, 1.82) is 0 Å². The van der Waals surface area contributed by atoms with Crippen molar-refractivity contribution in [3.8, 4) is 5.75 Å². The number of aromatic hydroxyl groups is 1. The number of aryl methyl sites for hydroxylation is 1. The van der Waals surface area contributed by atoms with Crippen LogP contribution in [0.5, 0.6) is 5.75 Å². The molecule has 3 aromatic carbocycles. The summed E-state index contributed by atoms with van der Waals surface area (Å²) >= 11 is 0. The molecule has 0 spiro atoms. The van der Waals surface area contributed by atoms with Crippen molar-refractivity contribution in [2.24, 2.45) is 0 Å². The van der Waals surface area contributed by atoms with Crippen molar-refractivity contribution in [2.75, 3.05) is 6.54 Å². The Morgan fingerprint density at radius 1 is 1.02 bits per heavy atom. The first-order valence-corrected chi connectivity index (χ1v) is 13.9. The van der Waals surface area contributed by atoms with Gasteiger partial charge in [0.2, 0.25) is 5.91 Å². The topological polar surface area (TPSA) is 119 Å². The largest absolute Gasteiger partial charge is 0.508 e. The van der Waals surface area contributed by atoms with Crippen LogP contribution >= 0.6 is 0 Å². The van der Waals surface area contributed by atoms with Crippen LogP contribution in [0.4, 0.5) is 8.78 Å². The fraction of sp³-hybridized carbons (Fsp3) is 0.344. The second-order valence-corrected chi connectivity index (χ2v) is 11.0. The van der Waals surface area contributed by atoms with E-state index in [4.69, 9.17) is 0 Å². The molecule has 220 valence electrons. The van der Waals surface area contributed by atoms with Crippen molar-refractivity contribution >= 4 is 17.7 Å². The highest BCUT2D eigenvalue weighted by Gasteiger charge is 2.52. The Bertz CT molecular complexity index is 1480. The van der Waals surface area contributed by atoms with Gasteiger partial charge < -0.3 is 25.7 Å². The summed E-state index contributed by atoms with van der Waals surface area (Å²) < 4.78 is 29.4. The minimum atomic E-state index is -3.33. The van der Waals surface area contributed by atoms with Crippen LogP contribution in [-0.4, -0.2) is 63.5 Å². The number of phenols is 1. The van der Waals surface area contributed by atoms with Crippen LogP contribution in [0.2, 0.25) is 0 Å². The molecule has 3 amide bonds. The summed E-state index contributed by atoms with van der Waals surface area (Å²) in [5.74, 6) is -5.88. The predicted octanol–water partition coefficient (Wildman–Crippen LogP) is 3.44. The SMILES string of the molecule is Cc1c(O)cccc1C(=O)NC(Cc1ccccc1)[C@H](O)C(=O)N1CC(F)(F)C[C@H]1C(=O)N[C@H]1CCc2ccccc21. The molecule has 1 heterocycles. The van der Waals surface area contributed by atoms with Gasteiger partial charge in [-0.15, -0.1) is 0 Å². The fourth-order valence-corrected chi connectivity index (χ4v) is 5.82. The number of hydrogen-bond acceptors (Lipinski definition) is 5. The minimum Gasteiger partial charge on any atom is -0.508 e. The number of hydrogen-bond donors (Lipinski definition) is 4. The van der Waals surface area contributed by atoms with Crippen molar-refractivity contribution < 1.29 is 33.4 Å². The zero-order chi connectivity index (χ0) is 30.0. The Balaban J connectivity index is 1.37. The number of nitrogens with one attached hydrogen (secondary N) is 2. The number of amides is 3. The summed E-state index contributed by atoms with van der Waals surface area (Å²) in [6, 6.07) is 17.7. The lowest BCUT2D eigenvalue weighted by Crippen LogP contribution is -2.56. The lowest BCUT2D eigenvalue weighted by Gasteiger charge is -2.30. The third-order valence-corrected chi connectivity index (χ3v) is 8.10. The summed E-state index contributed by atoms with van der Waals surface area (Å²) in [5.41, 5.74) is 3.11. The second kappa shape index (κ2) is 11.9. The number of alkyl halides is 2. The van der Waals surface area contributed by atoms with E-state index in [1.165, 1.54) is 18.2 Å². The number of rotatable bonds is 8. The van der Waals surface area contributed by atoms with Gasteiger partial charge in [0.15, 0.2) is 6.10 Å². The molecule has 1 fully saturated rings. The Morgan fingerprint density at radius 2 is 1.74 bits per heavy atom. The Labute approximate surface area is 242 Å². The van der Waals surface area contributed by atoms with Crippen LogP contribution in [0.25, 0.3) is 0 Å². The van der Waals surface area contributed by atoms with Crippen molar-refractivity contribution in [3.63, 3.8) is 0 Å². The molecule has 0 bridgehead atoms. The first-order valence-electron chi connectivity index (χ1n) is 13.9. The molecule has 2 aliphatic rings. The van der Waals surface area contributed by atoms with Gasteiger partial charge in [0.1, 0.15) is 11.8 Å². The predicted molar refractivity (Wildman–Crippen MR) is 151 cm³/mol. The van der Waals surface area contributed by atoms with Gasteiger partial charge in [-0.2, -0.15) is 0 Å². The summed E-state index contributed by atoms with van der Waals surface area (Å²) in [4.78, 5) is 40.9. The number of aliphatic hydroxyl groups is 1. The minimum absolute atomic E-state index is 0.0112. The first-order chi connectivity index (χ1) is 20.0. The average Bonchev–Trinajstić information content (AvgIpc) is 3.53. The number of benzene rings is 3. The van der Waals surface area contributed by atoms with E-state index in [9.17, 15) is 33.4 Å². The maximum Gasteiger partial charge on any atom is 0.267 e. The molecule has 1 aliphatic heterocycles. The van der Waals surface area contributed by atoms with Gasteiger partial charge >= 0.3 is 0 Å². The molecule has 4 atom stereocenters. The molecule has 1 saturated heterocycles. The van der Waals surface area contributed by atoms with E-state index < -0.39 is 54.8 Å². The molecule has 3 aromatic rings. The normalized spacial score (nSPS) is 20.4. The van der Waals surface area contributed by atoms with Crippen LogP contribution in [0.1, 0.15) is 51.5 Å². The maximum absolute atomic E-state index is 14.7.